The second-order valence-electron chi connectivity index (χ2n) is 20.0. The van der Waals surface area contributed by atoms with Crippen molar-refractivity contribution in [1.82, 2.24) is 5.32 Å². The van der Waals surface area contributed by atoms with Gasteiger partial charge in [0.15, 0.2) is 12.6 Å². The zero-order valence-electron chi connectivity index (χ0n) is 45.6. The number of carbonyl (C=O) groups is 1. The Morgan fingerprint density at radius 1 is 0.500 bits per heavy atom. The number of carbonyl (C=O) groups excluding carboxylic acids is 1. The van der Waals surface area contributed by atoms with Gasteiger partial charge in [-0.15, -0.1) is 0 Å². The average Bonchev–Trinajstić information content (AvgIpc) is 3.40. The summed E-state index contributed by atoms with van der Waals surface area (Å²) >= 11 is 0. The molecule has 0 saturated carbocycles. The van der Waals surface area contributed by atoms with E-state index < -0.39 is 86.8 Å². The van der Waals surface area contributed by atoms with Gasteiger partial charge >= 0.3 is 0 Å². The van der Waals surface area contributed by atoms with Crippen LogP contribution >= 0.6 is 0 Å². The molecule has 0 aliphatic carbocycles. The van der Waals surface area contributed by atoms with E-state index in [1.165, 1.54) is 96.3 Å². The quantitative estimate of drug-likeness (QED) is 0.0205. The lowest BCUT2D eigenvalue weighted by molar-refractivity contribution is -0.359. The maximum absolute atomic E-state index is 13.0. The molecule has 14 nitrogen and oxygen atoms in total. The van der Waals surface area contributed by atoms with Crippen molar-refractivity contribution >= 4 is 5.91 Å². The molecule has 0 aromatic heterocycles. The van der Waals surface area contributed by atoms with Crippen molar-refractivity contribution in [2.24, 2.45) is 0 Å². The number of unbranched alkanes of at least 4 members (excludes halogenated alkanes) is 19. The molecule has 0 aromatic carbocycles. The molecule has 2 saturated heterocycles. The van der Waals surface area contributed by atoms with Gasteiger partial charge in [0.1, 0.15) is 48.8 Å². The maximum atomic E-state index is 13.0. The van der Waals surface area contributed by atoms with Crippen LogP contribution in [0.3, 0.4) is 0 Å². The fourth-order valence-electron chi connectivity index (χ4n) is 8.95. The van der Waals surface area contributed by atoms with Crippen LogP contribution in [-0.2, 0) is 23.7 Å². The van der Waals surface area contributed by atoms with Gasteiger partial charge in [0, 0.05) is 6.42 Å². The largest absolute Gasteiger partial charge is 0.394 e. The Morgan fingerprint density at radius 3 is 1.41 bits per heavy atom. The molecular weight excluding hydrogens is 943 g/mol. The molecule has 1 amide bonds. The standard InChI is InChI=1S/C60H103NO13/c1-3-5-7-8-9-10-11-12-13-14-15-16-17-18-19-20-21-22-23-24-25-26-27-28-29-30-31-32-33-34-35-36-37-38-39-40-42-44-52(65)61-48(49(64)43-41-6-4-2)47-71-59-57(70)55(68)58(51(46-63)73-59)74-60-56(69)54(67)53(66)50(45-62)72-60/h5,7,9-10,12-13,15-16,18-19,21-22,41,43,48-51,53-60,62-64,66-70H,3-4,6,8,11,14,17,20,23-40,42,44-47H2,1-2H3,(H,61,65)/b7-5-,10-9-,13-12-,16-15-,19-18-,22-21-,43-41+. The van der Waals surface area contributed by atoms with Gasteiger partial charge in [-0.3, -0.25) is 4.79 Å². The van der Waals surface area contributed by atoms with Crippen LogP contribution in [-0.4, -0.2) is 140 Å². The fraction of sp³-hybridized carbons (Fsp3) is 0.750. The Balaban J connectivity index is 1.48. The number of amides is 1. The third-order valence-corrected chi connectivity index (χ3v) is 13.6. The Kier molecular flexibility index (Phi) is 41.1. The van der Waals surface area contributed by atoms with Crippen LogP contribution in [0, 0.1) is 0 Å². The second kappa shape index (κ2) is 45.2. The highest BCUT2D eigenvalue weighted by Gasteiger charge is 2.51. The van der Waals surface area contributed by atoms with Crippen molar-refractivity contribution in [1.29, 1.82) is 0 Å². The van der Waals surface area contributed by atoms with Crippen LogP contribution in [0.25, 0.3) is 0 Å². The molecule has 2 rings (SSSR count). The molecular formula is C60H103NO13. The topological polar surface area (TPSA) is 228 Å². The van der Waals surface area contributed by atoms with Crippen LogP contribution < -0.4 is 5.32 Å². The van der Waals surface area contributed by atoms with Crippen molar-refractivity contribution in [3.8, 4) is 0 Å². The number of aliphatic hydroxyl groups is 8. The van der Waals surface area contributed by atoms with E-state index in [1.807, 2.05) is 13.0 Å². The van der Waals surface area contributed by atoms with Gasteiger partial charge in [0.2, 0.25) is 5.91 Å². The van der Waals surface area contributed by atoms with Crippen molar-refractivity contribution in [2.75, 3.05) is 19.8 Å². The lowest BCUT2D eigenvalue weighted by Gasteiger charge is -2.46. The SMILES string of the molecule is CC/C=C\C/C=C\C/C=C\C/C=C\C/C=C\C/C=C\CCCCCCCCCCCCCCCCCCCCC(=O)NC(COC1OC(CO)C(OC2OC(CO)C(O)C(O)C2O)C(O)C1O)C(O)/C=C/CCC. The number of allylic oxidation sites excluding steroid dienone is 13. The molecule has 74 heavy (non-hydrogen) atoms. The van der Waals surface area contributed by atoms with E-state index in [9.17, 15) is 45.6 Å². The first-order valence-corrected chi connectivity index (χ1v) is 28.8. The van der Waals surface area contributed by atoms with E-state index in [0.29, 0.717) is 6.42 Å². The molecule has 2 heterocycles. The van der Waals surface area contributed by atoms with E-state index >= 15 is 0 Å². The zero-order chi connectivity index (χ0) is 53.9. The van der Waals surface area contributed by atoms with E-state index in [2.05, 4.69) is 85.2 Å². The minimum absolute atomic E-state index is 0.253. The molecule has 0 radical (unpaired) electrons. The van der Waals surface area contributed by atoms with Gasteiger partial charge in [-0.05, 0) is 64.2 Å². The van der Waals surface area contributed by atoms with Gasteiger partial charge < -0.3 is 65.1 Å². The fourth-order valence-corrected chi connectivity index (χ4v) is 8.95. The Morgan fingerprint density at radius 2 is 0.932 bits per heavy atom. The second-order valence-corrected chi connectivity index (χ2v) is 20.0. The summed E-state index contributed by atoms with van der Waals surface area (Å²) in [6.07, 6.45) is 44.9. The van der Waals surface area contributed by atoms with Crippen LogP contribution in [0.5, 0.6) is 0 Å². The highest BCUT2D eigenvalue weighted by atomic mass is 16.7. The summed E-state index contributed by atoms with van der Waals surface area (Å²) in [5.41, 5.74) is 0. The molecule has 426 valence electrons. The molecule has 2 aliphatic heterocycles. The van der Waals surface area contributed by atoms with Gasteiger partial charge in [-0.25, -0.2) is 0 Å². The highest BCUT2D eigenvalue weighted by molar-refractivity contribution is 5.76. The van der Waals surface area contributed by atoms with Crippen molar-refractivity contribution < 1.29 is 64.6 Å². The number of hydrogen-bond donors (Lipinski definition) is 9. The number of nitrogens with one attached hydrogen (secondary N) is 1. The number of hydrogen-bond acceptors (Lipinski definition) is 13. The van der Waals surface area contributed by atoms with Crippen molar-refractivity contribution in [3.05, 3.63) is 85.1 Å². The smallest absolute Gasteiger partial charge is 0.220 e. The van der Waals surface area contributed by atoms with E-state index in [4.69, 9.17) is 18.9 Å². The third-order valence-electron chi connectivity index (χ3n) is 13.6. The van der Waals surface area contributed by atoms with Gasteiger partial charge in [0.25, 0.3) is 0 Å². The molecule has 2 fully saturated rings. The van der Waals surface area contributed by atoms with E-state index in [0.717, 1.165) is 70.6 Å². The lowest BCUT2D eigenvalue weighted by Crippen LogP contribution is -2.65. The van der Waals surface area contributed by atoms with Crippen LogP contribution in [0.1, 0.15) is 194 Å². The van der Waals surface area contributed by atoms with Gasteiger partial charge in [-0.2, -0.15) is 0 Å². The van der Waals surface area contributed by atoms with Gasteiger partial charge in [0.05, 0.1) is 32.0 Å². The molecule has 12 unspecified atom stereocenters. The molecule has 2 aliphatic rings. The highest BCUT2D eigenvalue weighted by Crippen LogP contribution is 2.30. The maximum Gasteiger partial charge on any atom is 0.220 e. The molecule has 14 heteroatoms. The van der Waals surface area contributed by atoms with Gasteiger partial charge in [-0.1, -0.05) is 208 Å². The predicted octanol–water partition coefficient (Wildman–Crippen LogP) is 9.33. The predicted molar refractivity (Wildman–Crippen MR) is 295 cm³/mol. The number of aliphatic hydroxyl groups excluding tert-OH is 8. The van der Waals surface area contributed by atoms with Crippen LogP contribution in [0.15, 0.2) is 85.1 Å². The average molecular weight is 1050 g/mol. The van der Waals surface area contributed by atoms with E-state index in [-0.39, 0.29) is 18.9 Å². The molecule has 0 bridgehead atoms. The summed E-state index contributed by atoms with van der Waals surface area (Å²) in [6, 6.07) is -0.912. The Bertz CT molecular complexity index is 1560. The Labute approximate surface area is 446 Å². The monoisotopic (exact) mass is 1050 g/mol. The molecule has 12 atom stereocenters. The molecule has 0 spiro atoms. The zero-order valence-corrected chi connectivity index (χ0v) is 45.6. The molecule has 0 aromatic rings. The van der Waals surface area contributed by atoms with Crippen LogP contribution in [0.4, 0.5) is 0 Å². The lowest BCUT2D eigenvalue weighted by atomic mass is 9.97. The first kappa shape index (κ1) is 67.3. The summed E-state index contributed by atoms with van der Waals surface area (Å²) in [4.78, 5) is 13.0. The minimum atomic E-state index is -1.79. The third kappa shape index (κ3) is 30.8. The number of ether oxygens (including phenoxy) is 4. The van der Waals surface area contributed by atoms with Crippen LogP contribution in [0.2, 0.25) is 0 Å². The normalized spacial score (nSPS) is 25.9. The summed E-state index contributed by atoms with van der Waals surface area (Å²) < 4.78 is 22.5. The summed E-state index contributed by atoms with van der Waals surface area (Å²) in [5.74, 6) is -0.253. The summed E-state index contributed by atoms with van der Waals surface area (Å²) in [7, 11) is 0. The number of rotatable bonds is 44. The minimum Gasteiger partial charge on any atom is -0.394 e. The van der Waals surface area contributed by atoms with Crippen molar-refractivity contribution in [3.63, 3.8) is 0 Å². The van der Waals surface area contributed by atoms with Crippen molar-refractivity contribution in [2.45, 2.75) is 267 Å². The van der Waals surface area contributed by atoms with E-state index in [1.54, 1.807) is 6.08 Å². The summed E-state index contributed by atoms with van der Waals surface area (Å²) in [6.45, 7) is 2.43. The first-order chi connectivity index (χ1) is 36.1. The summed E-state index contributed by atoms with van der Waals surface area (Å²) in [5, 5.41) is 86.0. The molecule has 9 N–H and O–H groups in total. The Hall–Kier alpha value is -2.83. The first-order valence-electron chi connectivity index (χ1n) is 28.8.